The Morgan fingerprint density at radius 3 is 1.75 bits per heavy atom. The summed E-state index contributed by atoms with van der Waals surface area (Å²) in [7, 11) is 0. The lowest BCUT2D eigenvalue weighted by Crippen LogP contribution is -2.40. The molecule has 1 aliphatic heterocycles. The van der Waals surface area contributed by atoms with E-state index in [4.69, 9.17) is 0 Å². The van der Waals surface area contributed by atoms with Gasteiger partial charge < -0.3 is 0 Å². The fraction of sp³-hybridized carbons (Fsp3) is 0.500. The first-order chi connectivity index (χ1) is 5.77. The number of nitrogens with zero attached hydrogens (tertiary/aromatic N) is 4. The summed E-state index contributed by atoms with van der Waals surface area (Å²) in [5.74, 6) is 0. The fourth-order valence-corrected chi connectivity index (χ4v) is 1.11. The van der Waals surface area contributed by atoms with Gasteiger partial charge in [0.15, 0.2) is 11.0 Å². The maximum Gasteiger partial charge on any atom is 0.193 e. The van der Waals surface area contributed by atoms with Crippen molar-refractivity contribution in [2.45, 2.75) is 25.9 Å². The molecule has 2 unspecified atom stereocenters. The lowest BCUT2D eigenvalue weighted by Gasteiger charge is -2.13. The molecule has 0 spiro atoms. The minimum Gasteiger partial charge on any atom is -0.258 e. The highest BCUT2D eigenvalue weighted by molar-refractivity contribution is 4.86. The summed E-state index contributed by atoms with van der Waals surface area (Å²) in [6.07, 6.45) is 3.28. The summed E-state index contributed by atoms with van der Waals surface area (Å²) in [5.41, 5.74) is 1.34. The molecule has 4 nitrogen and oxygen atoms in total. The second-order valence-corrected chi connectivity index (χ2v) is 2.94. The van der Waals surface area contributed by atoms with E-state index in [0.29, 0.717) is 11.0 Å². The third kappa shape index (κ3) is 1.09. The van der Waals surface area contributed by atoms with Crippen LogP contribution in [0, 0.1) is 0 Å². The molecule has 0 radical (unpaired) electrons. The van der Waals surface area contributed by atoms with Crippen molar-refractivity contribution in [2.75, 3.05) is 0 Å². The molecule has 2 heterocycles. The van der Waals surface area contributed by atoms with E-state index >= 15 is 0 Å². The minimum atomic E-state index is 0.217. The Bertz CT molecular complexity index is 359. The van der Waals surface area contributed by atoms with Crippen LogP contribution in [-0.4, -0.2) is 22.1 Å². The van der Waals surface area contributed by atoms with Gasteiger partial charge in [-0.25, -0.2) is 9.97 Å². The van der Waals surface area contributed by atoms with Crippen LogP contribution in [0.4, 0.5) is 0 Å². The molecule has 0 aliphatic carbocycles. The van der Waals surface area contributed by atoms with Crippen LogP contribution in [-0.2, 0) is 0 Å². The predicted molar refractivity (Wildman–Crippen MR) is 43.3 cm³/mol. The highest BCUT2D eigenvalue weighted by Crippen LogP contribution is 2.00. The van der Waals surface area contributed by atoms with Gasteiger partial charge in [-0.05, 0) is 13.8 Å². The van der Waals surface area contributed by atoms with Gasteiger partial charge in [-0.1, -0.05) is 0 Å². The highest BCUT2D eigenvalue weighted by Gasteiger charge is 2.13. The largest absolute Gasteiger partial charge is 0.258 e. The van der Waals surface area contributed by atoms with Crippen LogP contribution in [0.25, 0.3) is 0 Å². The summed E-state index contributed by atoms with van der Waals surface area (Å²) in [6.45, 7) is 4.07. The van der Waals surface area contributed by atoms with E-state index in [9.17, 15) is 0 Å². The summed E-state index contributed by atoms with van der Waals surface area (Å²) in [5, 5.41) is 0. The molecule has 2 atom stereocenters. The monoisotopic (exact) mass is 162 g/mol. The van der Waals surface area contributed by atoms with Crippen molar-refractivity contribution >= 4 is 0 Å². The van der Waals surface area contributed by atoms with Crippen molar-refractivity contribution in [1.29, 1.82) is 0 Å². The average molecular weight is 162 g/mol. The number of aromatic nitrogens is 2. The van der Waals surface area contributed by atoms with Crippen LogP contribution in [0.5, 0.6) is 0 Å². The molecular weight excluding hydrogens is 152 g/mol. The number of hydrogen-bond donors (Lipinski definition) is 0. The van der Waals surface area contributed by atoms with Crippen LogP contribution < -0.4 is 11.0 Å². The molecule has 0 bridgehead atoms. The third-order valence-corrected chi connectivity index (χ3v) is 2.01. The Balaban J connectivity index is 2.70. The molecule has 2 rings (SSSR count). The molecule has 12 heavy (non-hydrogen) atoms. The zero-order valence-corrected chi connectivity index (χ0v) is 7.10. The summed E-state index contributed by atoms with van der Waals surface area (Å²) >= 11 is 0. The van der Waals surface area contributed by atoms with Gasteiger partial charge in [0.1, 0.15) is 0 Å². The summed E-state index contributed by atoms with van der Waals surface area (Å²) < 4.78 is 0. The SMILES string of the molecule is CC1N=c2nccnc2=NC1C. The van der Waals surface area contributed by atoms with Crippen LogP contribution in [0.2, 0.25) is 0 Å². The molecule has 1 aliphatic rings. The van der Waals surface area contributed by atoms with Gasteiger partial charge in [-0.3, -0.25) is 9.98 Å². The van der Waals surface area contributed by atoms with Crippen molar-refractivity contribution in [1.82, 2.24) is 9.97 Å². The zero-order chi connectivity index (χ0) is 8.55. The summed E-state index contributed by atoms with van der Waals surface area (Å²) in [6, 6.07) is 0.434. The molecular formula is C8H10N4. The quantitative estimate of drug-likeness (QED) is 0.516. The maximum absolute atomic E-state index is 4.36. The Hall–Kier alpha value is -1.32. The predicted octanol–water partition coefficient (Wildman–Crippen LogP) is -0.494. The van der Waals surface area contributed by atoms with E-state index in [0.717, 1.165) is 0 Å². The van der Waals surface area contributed by atoms with E-state index in [1.165, 1.54) is 0 Å². The first-order valence-electron chi connectivity index (χ1n) is 4.00. The van der Waals surface area contributed by atoms with E-state index in [1.54, 1.807) is 12.4 Å². The highest BCUT2D eigenvalue weighted by atomic mass is 15.0. The molecule has 0 saturated carbocycles. The molecule has 0 fully saturated rings. The first-order valence-corrected chi connectivity index (χ1v) is 4.00. The molecule has 0 saturated heterocycles. The Labute approximate surface area is 70.1 Å². The van der Waals surface area contributed by atoms with Gasteiger partial charge in [-0.2, -0.15) is 0 Å². The molecule has 0 aromatic carbocycles. The standard InChI is InChI=1S/C8H10N4/c1-5-6(2)12-8-7(11-5)9-3-4-10-8/h3-6H,1-2H3. The zero-order valence-electron chi connectivity index (χ0n) is 7.10. The van der Waals surface area contributed by atoms with Crippen LogP contribution in [0.3, 0.4) is 0 Å². The van der Waals surface area contributed by atoms with Crippen molar-refractivity contribution < 1.29 is 0 Å². The van der Waals surface area contributed by atoms with Crippen LogP contribution >= 0.6 is 0 Å². The van der Waals surface area contributed by atoms with E-state index in [2.05, 4.69) is 20.0 Å². The van der Waals surface area contributed by atoms with E-state index < -0.39 is 0 Å². The van der Waals surface area contributed by atoms with Crippen LogP contribution in [0.1, 0.15) is 13.8 Å². The second kappa shape index (κ2) is 2.62. The van der Waals surface area contributed by atoms with E-state index in [-0.39, 0.29) is 12.1 Å². The molecule has 1 aromatic heterocycles. The molecule has 1 aromatic rings. The number of hydrogen-bond acceptors (Lipinski definition) is 4. The third-order valence-electron chi connectivity index (χ3n) is 2.01. The van der Waals surface area contributed by atoms with Crippen molar-refractivity contribution in [3.05, 3.63) is 23.4 Å². The Kier molecular flexibility index (Phi) is 1.60. The first kappa shape index (κ1) is 7.34. The van der Waals surface area contributed by atoms with Gasteiger partial charge >= 0.3 is 0 Å². The minimum absolute atomic E-state index is 0.217. The normalized spacial score (nSPS) is 26.8. The smallest absolute Gasteiger partial charge is 0.193 e. The van der Waals surface area contributed by atoms with E-state index in [1.807, 2.05) is 13.8 Å². The maximum atomic E-state index is 4.36. The van der Waals surface area contributed by atoms with Crippen molar-refractivity contribution in [2.24, 2.45) is 9.98 Å². The average Bonchev–Trinajstić information content (AvgIpc) is 2.07. The fourth-order valence-electron chi connectivity index (χ4n) is 1.11. The number of rotatable bonds is 0. The van der Waals surface area contributed by atoms with Gasteiger partial charge in [0, 0.05) is 12.4 Å². The summed E-state index contributed by atoms with van der Waals surface area (Å²) in [4.78, 5) is 16.9. The van der Waals surface area contributed by atoms with Gasteiger partial charge in [-0.15, -0.1) is 0 Å². The van der Waals surface area contributed by atoms with Crippen LogP contribution in [0.15, 0.2) is 22.4 Å². The topological polar surface area (TPSA) is 50.5 Å². The molecule has 0 N–H and O–H groups in total. The molecule has 62 valence electrons. The molecule has 4 heteroatoms. The van der Waals surface area contributed by atoms with Gasteiger partial charge in [0.25, 0.3) is 0 Å². The van der Waals surface area contributed by atoms with Crippen molar-refractivity contribution in [3.8, 4) is 0 Å². The second-order valence-electron chi connectivity index (χ2n) is 2.94. The Morgan fingerprint density at radius 2 is 1.33 bits per heavy atom. The van der Waals surface area contributed by atoms with Gasteiger partial charge in [0.05, 0.1) is 12.1 Å². The number of fused-ring (bicyclic) bond motifs is 1. The lowest BCUT2D eigenvalue weighted by molar-refractivity contribution is 0.548. The Morgan fingerprint density at radius 1 is 0.917 bits per heavy atom. The van der Waals surface area contributed by atoms with Crippen molar-refractivity contribution in [3.63, 3.8) is 0 Å². The van der Waals surface area contributed by atoms with Gasteiger partial charge in [0.2, 0.25) is 0 Å². The lowest BCUT2D eigenvalue weighted by atomic mass is 10.2. The molecule has 0 amide bonds.